The Hall–Kier alpha value is -1.55. The van der Waals surface area contributed by atoms with Gasteiger partial charge in [0, 0.05) is 0 Å². The topological polar surface area (TPSA) is 126 Å². The highest BCUT2D eigenvalue weighted by atomic mass is 32.2. The first-order valence-corrected chi connectivity index (χ1v) is 7.30. The van der Waals surface area contributed by atoms with E-state index in [2.05, 4.69) is 15.5 Å². The molecule has 0 saturated carbocycles. The first-order chi connectivity index (χ1) is 8.22. The van der Waals surface area contributed by atoms with Crippen molar-refractivity contribution >= 4 is 38.2 Å². The summed E-state index contributed by atoms with van der Waals surface area (Å²) in [7, 11) is -4.03. The van der Waals surface area contributed by atoms with Crippen LogP contribution in [0.3, 0.4) is 0 Å². The van der Waals surface area contributed by atoms with Gasteiger partial charge in [0.05, 0.1) is 0 Å². The van der Waals surface area contributed by atoms with E-state index in [0.29, 0.717) is 5.01 Å². The molecule has 0 aliphatic heterocycles. The van der Waals surface area contributed by atoms with Gasteiger partial charge in [0.25, 0.3) is 0 Å². The molecular weight excluding hydrogens is 282 g/mol. The van der Waals surface area contributed by atoms with Crippen LogP contribution in [0.4, 0.5) is 5.13 Å². The average molecular weight is 293 g/mol. The van der Waals surface area contributed by atoms with Crippen LogP contribution < -0.4 is 5.32 Å². The number of sulfone groups is 1. The second kappa shape index (κ2) is 5.40. The Kier molecular flexibility index (Phi) is 4.35. The summed E-state index contributed by atoms with van der Waals surface area (Å²) in [6, 6.07) is 0. The van der Waals surface area contributed by atoms with Gasteiger partial charge in [-0.15, -0.1) is 10.2 Å². The standard InChI is InChI=1S/C8H11N3O5S2/c1-4(7(13)14)18(15,16)3-6(12)9-8-11-10-5(2)17-8/h4H,3H2,1-2H3,(H,13,14)(H,9,11,12). The number of carboxylic acid groups (broad SMARTS) is 1. The van der Waals surface area contributed by atoms with Crippen LogP contribution in [0.5, 0.6) is 0 Å². The fourth-order valence-corrected chi connectivity index (χ4v) is 2.57. The van der Waals surface area contributed by atoms with Gasteiger partial charge in [0.2, 0.25) is 11.0 Å². The van der Waals surface area contributed by atoms with Crippen molar-refractivity contribution in [3.63, 3.8) is 0 Å². The van der Waals surface area contributed by atoms with E-state index in [9.17, 15) is 18.0 Å². The summed E-state index contributed by atoms with van der Waals surface area (Å²) in [5.74, 6) is -3.23. The molecule has 1 heterocycles. The van der Waals surface area contributed by atoms with Crippen molar-refractivity contribution in [3.05, 3.63) is 5.01 Å². The van der Waals surface area contributed by atoms with Crippen molar-refractivity contribution in [2.75, 3.05) is 11.1 Å². The van der Waals surface area contributed by atoms with Crippen molar-refractivity contribution in [1.82, 2.24) is 10.2 Å². The van der Waals surface area contributed by atoms with Gasteiger partial charge in [-0.2, -0.15) is 0 Å². The van der Waals surface area contributed by atoms with E-state index >= 15 is 0 Å². The lowest BCUT2D eigenvalue weighted by molar-refractivity contribution is -0.136. The lowest BCUT2D eigenvalue weighted by atomic mass is 10.5. The highest BCUT2D eigenvalue weighted by Gasteiger charge is 2.30. The molecule has 8 nitrogen and oxygen atoms in total. The summed E-state index contributed by atoms with van der Waals surface area (Å²) >= 11 is 1.09. The lowest BCUT2D eigenvalue weighted by Crippen LogP contribution is -2.34. The van der Waals surface area contributed by atoms with Crippen molar-refractivity contribution in [3.8, 4) is 0 Å². The maximum atomic E-state index is 11.5. The predicted molar refractivity (Wildman–Crippen MR) is 64.2 cm³/mol. The van der Waals surface area contributed by atoms with Gasteiger partial charge in [-0.1, -0.05) is 11.3 Å². The predicted octanol–water partition coefficient (Wildman–Crippen LogP) is -0.327. The number of carbonyl (C=O) groups excluding carboxylic acids is 1. The van der Waals surface area contributed by atoms with Crippen LogP contribution >= 0.6 is 11.3 Å². The number of nitrogens with one attached hydrogen (secondary N) is 1. The third-order valence-electron chi connectivity index (χ3n) is 1.99. The number of hydrogen-bond acceptors (Lipinski definition) is 7. The number of aliphatic carboxylic acids is 1. The molecular formula is C8H11N3O5S2. The Morgan fingerprint density at radius 3 is 2.50 bits per heavy atom. The zero-order valence-corrected chi connectivity index (χ0v) is 11.2. The molecule has 0 aliphatic carbocycles. The normalized spacial score (nSPS) is 13.0. The van der Waals surface area contributed by atoms with Crippen molar-refractivity contribution in [2.24, 2.45) is 0 Å². The van der Waals surface area contributed by atoms with Crippen LogP contribution in [0.25, 0.3) is 0 Å². The molecule has 0 aliphatic rings. The SMILES string of the molecule is Cc1nnc(NC(=O)CS(=O)(=O)C(C)C(=O)O)s1. The number of anilines is 1. The molecule has 1 aromatic heterocycles. The molecule has 0 spiro atoms. The molecule has 1 atom stereocenters. The highest BCUT2D eigenvalue weighted by molar-refractivity contribution is 7.93. The fourth-order valence-electron chi connectivity index (χ4n) is 0.964. The van der Waals surface area contributed by atoms with Gasteiger partial charge >= 0.3 is 5.97 Å². The van der Waals surface area contributed by atoms with Gasteiger partial charge < -0.3 is 5.11 Å². The van der Waals surface area contributed by atoms with Gasteiger partial charge in [-0.05, 0) is 13.8 Å². The van der Waals surface area contributed by atoms with Crippen LogP contribution in [-0.2, 0) is 19.4 Å². The van der Waals surface area contributed by atoms with Crippen LogP contribution in [-0.4, -0.2) is 46.6 Å². The number of nitrogens with zero attached hydrogens (tertiary/aromatic N) is 2. The van der Waals surface area contributed by atoms with E-state index < -0.39 is 32.7 Å². The number of amides is 1. The van der Waals surface area contributed by atoms with Crippen molar-refractivity contribution < 1.29 is 23.1 Å². The van der Waals surface area contributed by atoms with Crippen LogP contribution in [0.2, 0.25) is 0 Å². The molecule has 0 saturated heterocycles. The first kappa shape index (κ1) is 14.5. The number of carboxylic acids is 1. The van der Waals surface area contributed by atoms with E-state index in [1.165, 1.54) is 0 Å². The molecule has 10 heteroatoms. The minimum atomic E-state index is -4.03. The monoisotopic (exact) mass is 293 g/mol. The molecule has 1 rings (SSSR count). The maximum Gasteiger partial charge on any atom is 0.321 e. The second-order valence-corrected chi connectivity index (χ2v) is 6.97. The van der Waals surface area contributed by atoms with Crippen molar-refractivity contribution in [1.29, 1.82) is 0 Å². The zero-order valence-electron chi connectivity index (χ0n) is 9.58. The van der Waals surface area contributed by atoms with Crippen LogP contribution in [0.1, 0.15) is 11.9 Å². The summed E-state index contributed by atoms with van der Waals surface area (Å²) in [6.07, 6.45) is 0. The van der Waals surface area contributed by atoms with E-state index in [1.54, 1.807) is 6.92 Å². The summed E-state index contributed by atoms with van der Waals surface area (Å²) < 4.78 is 23.0. The van der Waals surface area contributed by atoms with Gasteiger partial charge in [0.15, 0.2) is 15.1 Å². The van der Waals surface area contributed by atoms with Gasteiger partial charge in [-0.3, -0.25) is 14.9 Å². The van der Waals surface area contributed by atoms with Crippen LogP contribution in [0.15, 0.2) is 0 Å². The first-order valence-electron chi connectivity index (χ1n) is 4.76. The molecule has 18 heavy (non-hydrogen) atoms. The third kappa shape index (κ3) is 3.74. The fraction of sp³-hybridized carbons (Fsp3) is 0.500. The number of carbonyl (C=O) groups is 2. The molecule has 0 bridgehead atoms. The minimum absolute atomic E-state index is 0.177. The number of hydrogen-bond donors (Lipinski definition) is 2. The van der Waals surface area contributed by atoms with Gasteiger partial charge in [0.1, 0.15) is 10.8 Å². The smallest absolute Gasteiger partial charge is 0.321 e. The summed E-state index contributed by atoms with van der Waals surface area (Å²) in [5, 5.41) is 17.2. The quantitative estimate of drug-likeness (QED) is 0.761. The molecule has 1 amide bonds. The van der Waals surface area contributed by atoms with Crippen LogP contribution in [0, 0.1) is 6.92 Å². The Labute approximate surface area is 107 Å². The minimum Gasteiger partial charge on any atom is -0.480 e. The molecule has 1 aromatic rings. The Morgan fingerprint density at radius 1 is 1.44 bits per heavy atom. The summed E-state index contributed by atoms with van der Waals surface area (Å²) in [5.41, 5.74) is 0. The summed E-state index contributed by atoms with van der Waals surface area (Å²) in [6.45, 7) is 2.69. The van der Waals surface area contributed by atoms with E-state index in [0.717, 1.165) is 18.3 Å². The zero-order chi connectivity index (χ0) is 13.9. The van der Waals surface area contributed by atoms with E-state index in [4.69, 9.17) is 5.11 Å². The largest absolute Gasteiger partial charge is 0.480 e. The Balaban J connectivity index is 2.68. The van der Waals surface area contributed by atoms with Crippen molar-refractivity contribution in [2.45, 2.75) is 19.1 Å². The second-order valence-electron chi connectivity index (χ2n) is 3.46. The third-order valence-corrected chi connectivity index (χ3v) is 4.69. The van der Waals surface area contributed by atoms with E-state index in [1.807, 2.05) is 0 Å². The molecule has 0 aromatic carbocycles. The molecule has 0 radical (unpaired) electrons. The van der Waals surface area contributed by atoms with Gasteiger partial charge in [-0.25, -0.2) is 8.42 Å². The molecule has 0 fully saturated rings. The maximum absolute atomic E-state index is 11.5. The lowest BCUT2D eigenvalue weighted by Gasteiger charge is -2.07. The number of aromatic nitrogens is 2. The highest BCUT2D eigenvalue weighted by Crippen LogP contribution is 2.13. The Morgan fingerprint density at radius 2 is 2.06 bits per heavy atom. The average Bonchev–Trinajstić information content (AvgIpc) is 2.61. The molecule has 2 N–H and O–H groups in total. The number of rotatable bonds is 5. The number of aryl methyl sites for hydroxylation is 1. The Bertz CT molecular complexity index is 565. The summed E-state index contributed by atoms with van der Waals surface area (Å²) in [4.78, 5) is 22.0. The molecule has 100 valence electrons. The molecule has 1 unspecified atom stereocenters. The van der Waals surface area contributed by atoms with E-state index in [-0.39, 0.29) is 5.13 Å².